The molecule has 0 radical (unpaired) electrons. The Kier molecular flexibility index (Phi) is 3.68. The summed E-state index contributed by atoms with van der Waals surface area (Å²) in [5.74, 6) is -0.455. The lowest BCUT2D eigenvalue weighted by Gasteiger charge is -2.11. The second-order valence-electron chi connectivity index (χ2n) is 8.51. The topological polar surface area (TPSA) is 29.9 Å². The summed E-state index contributed by atoms with van der Waals surface area (Å²) in [6.07, 6.45) is 8.17. The molecule has 0 unspecified atom stereocenters. The number of hydrogen-bond acceptors (Lipinski definition) is 2. The van der Waals surface area contributed by atoms with Crippen LogP contribution in [0.25, 0.3) is 44.1 Å². The van der Waals surface area contributed by atoms with Crippen molar-refractivity contribution in [2.45, 2.75) is 38.5 Å². The molecule has 1 saturated carbocycles. The summed E-state index contributed by atoms with van der Waals surface area (Å²) in [6, 6.07) is 17.1. The molecule has 0 saturated heterocycles. The number of pyridine rings is 2. The van der Waals surface area contributed by atoms with Gasteiger partial charge in [0.2, 0.25) is 11.4 Å². The third kappa shape index (κ3) is 2.65. The molecule has 3 heterocycles. The van der Waals surface area contributed by atoms with Crippen LogP contribution in [-0.2, 0) is 7.05 Å². The number of furan rings is 1. The molecule has 0 atom stereocenters. The lowest BCUT2D eigenvalue weighted by Crippen LogP contribution is -2.31. The Labute approximate surface area is 177 Å². The number of fused-ring (bicyclic) bond motifs is 5. The van der Waals surface area contributed by atoms with Crippen LogP contribution < -0.4 is 4.57 Å². The summed E-state index contributed by atoms with van der Waals surface area (Å²) < 4.78 is 17.3. The zero-order valence-corrected chi connectivity index (χ0v) is 17.4. The Hall–Kier alpha value is -3.20. The second-order valence-corrected chi connectivity index (χ2v) is 8.51. The van der Waals surface area contributed by atoms with E-state index in [2.05, 4.69) is 72.2 Å². The van der Waals surface area contributed by atoms with Crippen molar-refractivity contribution in [3.05, 3.63) is 72.1 Å². The SMILES string of the molecule is [2H]C1(c2cc[n+](C)c(-c3cc4c(cc3C)oc3ncc5ccccc5c34)c2)CCCC1. The quantitative estimate of drug-likeness (QED) is 0.316. The van der Waals surface area contributed by atoms with E-state index >= 15 is 0 Å². The van der Waals surface area contributed by atoms with Crippen molar-refractivity contribution in [1.82, 2.24) is 4.98 Å². The highest BCUT2D eigenvalue weighted by molar-refractivity contribution is 6.18. The van der Waals surface area contributed by atoms with Gasteiger partial charge in [0.25, 0.3) is 0 Å². The third-order valence-electron chi connectivity index (χ3n) is 6.61. The average molecular weight is 395 g/mol. The highest BCUT2D eigenvalue weighted by Crippen LogP contribution is 2.38. The molecule has 3 aromatic heterocycles. The van der Waals surface area contributed by atoms with Crippen molar-refractivity contribution >= 4 is 32.8 Å². The van der Waals surface area contributed by atoms with Crippen LogP contribution in [0.4, 0.5) is 0 Å². The maximum absolute atomic E-state index is 8.98. The summed E-state index contributed by atoms with van der Waals surface area (Å²) in [5, 5.41) is 4.44. The molecule has 30 heavy (non-hydrogen) atoms. The van der Waals surface area contributed by atoms with E-state index in [0.29, 0.717) is 5.71 Å². The van der Waals surface area contributed by atoms with Gasteiger partial charge >= 0.3 is 0 Å². The minimum absolute atomic E-state index is 0.455. The number of nitrogens with zero attached hydrogens (tertiary/aromatic N) is 2. The van der Waals surface area contributed by atoms with Gasteiger partial charge in [0, 0.05) is 36.0 Å². The van der Waals surface area contributed by atoms with Gasteiger partial charge in [-0.3, -0.25) is 0 Å². The molecule has 0 bridgehead atoms. The van der Waals surface area contributed by atoms with E-state index in [1.807, 2.05) is 12.3 Å². The van der Waals surface area contributed by atoms with Crippen LogP contribution in [0, 0.1) is 6.92 Å². The van der Waals surface area contributed by atoms with Gasteiger partial charge in [0.05, 0.1) is 5.39 Å². The van der Waals surface area contributed by atoms with Crippen LogP contribution in [-0.4, -0.2) is 4.98 Å². The van der Waals surface area contributed by atoms with Crippen molar-refractivity contribution in [2.75, 3.05) is 0 Å². The summed E-state index contributed by atoms with van der Waals surface area (Å²) >= 11 is 0. The van der Waals surface area contributed by atoms with Crippen molar-refractivity contribution in [2.24, 2.45) is 7.05 Å². The predicted molar refractivity (Wildman–Crippen MR) is 122 cm³/mol. The summed E-state index contributed by atoms with van der Waals surface area (Å²) in [7, 11) is 2.08. The summed E-state index contributed by atoms with van der Waals surface area (Å²) in [4.78, 5) is 4.58. The number of aromatic nitrogens is 2. The number of rotatable bonds is 2. The highest BCUT2D eigenvalue weighted by Gasteiger charge is 2.22. The van der Waals surface area contributed by atoms with Crippen LogP contribution in [0.5, 0.6) is 0 Å². The molecular formula is C27H25N2O+. The molecule has 3 nitrogen and oxygen atoms in total. The fourth-order valence-electron chi connectivity index (χ4n) is 4.97. The van der Waals surface area contributed by atoms with E-state index in [-0.39, 0.29) is 0 Å². The summed E-state index contributed by atoms with van der Waals surface area (Å²) in [6.45, 7) is 2.13. The first kappa shape index (κ1) is 16.6. The standard InChI is InChI=1S/C27H25N2O/c1-17-13-25-23(26-21-10-6-5-9-20(21)16-28-27(26)30-25)15-22(17)24-14-19(11-12-29(24)2)18-7-3-4-8-18/h5-6,9-16,18H,3-4,7-8H2,1-2H3/q+1/i18D. The second kappa shape index (κ2) is 6.66. The first-order chi connectivity index (χ1) is 15.0. The van der Waals surface area contributed by atoms with Gasteiger partial charge in [0.1, 0.15) is 12.6 Å². The smallest absolute Gasteiger partial charge is 0.227 e. The van der Waals surface area contributed by atoms with E-state index in [9.17, 15) is 0 Å². The van der Waals surface area contributed by atoms with Gasteiger partial charge in [-0.15, -0.1) is 0 Å². The normalized spacial score (nSPS) is 16.5. The lowest BCUT2D eigenvalue weighted by atomic mass is 9.94. The zero-order valence-electron chi connectivity index (χ0n) is 18.4. The van der Waals surface area contributed by atoms with E-state index in [1.165, 1.54) is 5.56 Å². The maximum atomic E-state index is 8.98. The molecule has 148 valence electrons. The molecule has 1 fully saturated rings. The number of hydrogen-bond donors (Lipinski definition) is 0. The lowest BCUT2D eigenvalue weighted by molar-refractivity contribution is -0.660. The minimum Gasteiger partial charge on any atom is -0.438 e. The largest absolute Gasteiger partial charge is 0.438 e. The molecular weight excluding hydrogens is 368 g/mol. The zero-order chi connectivity index (χ0) is 21.2. The maximum Gasteiger partial charge on any atom is 0.227 e. The van der Waals surface area contributed by atoms with Gasteiger partial charge < -0.3 is 4.42 Å². The van der Waals surface area contributed by atoms with Crippen molar-refractivity contribution in [1.29, 1.82) is 0 Å². The molecule has 1 aliphatic rings. The highest BCUT2D eigenvalue weighted by atomic mass is 16.3. The van der Waals surface area contributed by atoms with Crippen molar-refractivity contribution < 1.29 is 10.4 Å². The van der Waals surface area contributed by atoms with Gasteiger partial charge in [-0.2, -0.15) is 0 Å². The molecule has 1 aliphatic carbocycles. The molecule has 0 spiro atoms. The van der Waals surface area contributed by atoms with Crippen LogP contribution in [0.1, 0.15) is 44.1 Å². The number of aryl methyl sites for hydroxylation is 2. The summed E-state index contributed by atoms with van der Waals surface area (Å²) in [5.41, 5.74) is 6.15. The molecule has 5 aromatic rings. The fraction of sp³-hybridized carbons (Fsp3) is 0.259. The Morgan fingerprint density at radius 1 is 1.07 bits per heavy atom. The third-order valence-corrected chi connectivity index (χ3v) is 6.61. The molecule has 0 amide bonds. The molecule has 3 heteroatoms. The van der Waals surface area contributed by atoms with Crippen molar-refractivity contribution in [3.63, 3.8) is 0 Å². The van der Waals surface area contributed by atoms with Gasteiger partial charge in [-0.1, -0.05) is 37.1 Å². The van der Waals surface area contributed by atoms with Gasteiger partial charge in [-0.25, -0.2) is 9.55 Å². The Balaban J connectivity index is 1.62. The number of benzene rings is 2. The monoisotopic (exact) mass is 394 g/mol. The van der Waals surface area contributed by atoms with E-state index in [4.69, 9.17) is 5.79 Å². The van der Waals surface area contributed by atoms with Gasteiger partial charge in [-0.05, 0) is 54.3 Å². The Morgan fingerprint density at radius 3 is 2.77 bits per heavy atom. The van der Waals surface area contributed by atoms with E-state index in [1.54, 1.807) is 0 Å². The molecule has 2 aromatic carbocycles. The van der Waals surface area contributed by atoms with E-state index < -0.39 is 5.89 Å². The van der Waals surface area contributed by atoms with Crippen molar-refractivity contribution in [3.8, 4) is 11.3 Å². The molecule has 0 N–H and O–H groups in total. The van der Waals surface area contributed by atoms with Crippen LogP contribution >= 0.6 is 0 Å². The van der Waals surface area contributed by atoms with Crippen LogP contribution in [0.3, 0.4) is 0 Å². The van der Waals surface area contributed by atoms with E-state index in [0.717, 1.165) is 69.6 Å². The molecule has 0 aliphatic heterocycles. The first-order valence-corrected chi connectivity index (χ1v) is 10.7. The Bertz CT molecular complexity index is 1480. The van der Waals surface area contributed by atoms with Gasteiger partial charge in [0.15, 0.2) is 6.20 Å². The van der Waals surface area contributed by atoms with Crippen LogP contribution in [0.2, 0.25) is 0 Å². The predicted octanol–water partition coefficient (Wildman–Crippen LogP) is 6.59. The first-order valence-electron chi connectivity index (χ1n) is 11.2. The molecule has 6 rings (SSSR count). The van der Waals surface area contributed by atoms with Crippen LogP contribution in [0.15, 0.2) is 65.3 Å². The fourth-order valence-corrected chi connectivity index (χ4v) is 4.97. The Morgan fingerprint density at radius 2 is 1.90 bits per heavy atom. The average Bonchev–Trinajstić information content (AvgIpc) is 3.37. The minimum atomic E-state index is -0.455.